The highest BCUT2D eigenvalue weighted by Crippen LogP contribution is 2.12. The van der Waals surface area contributed by atoms with Crippen molar-refractivity contribution in [2.75, 3.05) is 20.1 Å². The fraction of sp³-hybridized carbons (Fsp3) is 0.300. The lowest BCUT2D eigenvalue weighted by molar-refractivity contribution is 0.0954. The number of ether oxygens (including phenoxy) is 1. The Morgan fingerprint density at radius 2 is 1.76 bits per heavy atom. The molecule has 25 heavy (non-hydrogen) atoms. The molecule has 3 rings (SSSR count). The summed E-state index contributed by atoms with van der Waals surface area (Å²) in [5, 5.41) is 4.26. The third-order valence-corrected chi connectivity index (χ3v) is 4.24. The van der Waals surface area contributed by atoms with Crippen LogP contribution in [0.5, 0.6) is 5.75 Å². The molecule has 1 aliphatic heterocycles. The molecule has 1 aliphatic rings. The van der Waals surface area contributed by atoms with E-state index in [0.29, 0.717) is 12.2 Å². The molecular weight excluding hydrogens is 314 g/mol. The number of carbonyl (C=O) groups is 1. The standard InChI is InChI=1S/C20H23N3O2/c1-23-13-11-18(12-14-23)21-22-20(24)17-9-7-16(8-10-17)15-25-19-5-3-2-4-6-19/h2-10H,11-15H2,1H3,(H,22,24). The molecule has 1 saturated heterocycles. The first-order valence-electron chi connectivity index (χ1n) is 8.52. The van der Waals surface area contributed by atoms with Crippen LogP contribution in [0.25, 0.3) is 0 Å². The topological polar surface area (TPSA) is 53.9 Å². The minimum Gasteiger partial charge on any atom is -0.489 e. The monoisotopic (exact) mass is 337 g/mol. The van der Waals surface area contributed by atoms with E-state index in [9.17, 15) is 4.79 Å². The molecule has 5 heteroatoms. The van der Waals surface area contributed by atoms with Gasteiger partial charge in [0.15, 0.2) is 0 Å². The van der Waals surface area contributed by atoms with Gasteiger partial charge in [0.2, 0.25) is 0 Å². The SMILES string of the molecule is CN1CCC(=NNC(=O)c2ccc(COc3ccccc3)cc2)CC1. The molecule has 0 aromatic heterocycles. The molecule has 1 amide bonds. The van der Waals surface area contributed by atoms with Crippen LogP contribution in [0.4, 0.5) is 0 Å². The van der Waals surface area contributed by atoms with Crippen LogP contribution in [0, 0.1) is 0 Å². The summed E-state index contributed by atoms with van der Waals surface area (Å²) in [5.41, 5.74) is 5.33. The van der Waals surface area contributed by atoms with Crippen LogP contribution in [0.3, 0.4) is 0 Å². The Balaban J connectivity index is 1.51. The van der Waals surface area contributed by atoms with Crippen molar-refractivity contribution in [1.29, 1.82) is 0 Å². The Kier molecular flexibility index (Phi) is 5.80. The Morgan fingerprint density at radius 3 is 2.44 bits per heavy atom. The summed E-state index contributed by atoms with van der Waals surface area (Å²) in [7, 11) is 2.10. The highest BCUT2D eigenvalue weighted by molar-refractivity contribution is 5.95. The molecule has 0 unspecified atom stereocenters. The van der Waals surface area contributed by atoms with Gasteiger partial charge in [-0.1, -0.05) is 30.3 Å². The summed E-state index contributed by atoms with van der Waals surface area (Å²) < 4.78 is 5.70. The van der Waals surface area contributed by atoms with Gasteiger partial charge in [-0.25, -0.2) is 5.43 Å². The smallest absolute Gasteiger partial charge is 0.271 e. The summed E-state index contributed by atoms with van der Waals surface area (Å²) in [6, 6.07) is 17.1. The largest absolute Gasteiger partial charge is 0.489 e. The lowest BCUT2D eigenvalue weighted by Gasteiger charge is -2.22. The molecule has 2 aromatic rings. The molecule has 1 heterocycles. The van der Waals surface area contributed by atoms with E-state index in [4.69, 9.17) is 4.74 Å². The van der Waals surface area contributed by atoms with Gasteiger partial charge in [-0.2, -0.15) is 5.10 Å². The third-order valence-electron chi connectivity index (χ3n) is 4.24. The number of nitrogens with one attached hydrogen (secondary N) is 1. The van der Waals surface area contributed by atoms with Crippen molar-refractivity contribution in [1.82, 2.24) is 10.3 Å². The lowest BCUT2D eigenvalue weighted by Crippen LogP contribution is -2.32. The summed E-state index contributed by atoms with van der Waals surface area (Å²) in [5.74, 6) is 0.653. The van der Waals surface area contributed by atoms with E-state index in [1.807, 2.05) is 42.5 Å². The molecule has 0 spiro atoms. The van der Waals surface area contributed by atoms with Gasteiger partial charge in [-0.3, -0.25) is 4.79 Å². The molecule has 0 bridgehead atoms. The van der Waals surface area contributed by atoms with Crippen molar-refractivity contribution in [3.63, 3.8) is 0 Å². The van der Waals surface area contributed by atoms with Crippen molar-refractivity contribution in [2.45, 2.75) is 19.4 Å². The lowest BCUT2D eigenvalue weighted by atomic mass is 10.1. The van der Waals surface area contributed by atoms with Crippen LogP contribution in [0.2, 0.25) is 0 Å². The number of hydrogen-bond acceptors (Lipinski definition) is 4. The van der Waals surface area contributed by atoms with Crippen molar-refractivity contribution in [3.05, 3.63) is 65.7 Å². The first-order valence-corrected chi connectivity index (χ1v) is 8.52. The molecule has 130 valence electrons. The first kappa shape index (κ1) is 17.2. The molecule has 5 nitrogen and oxygen atoms in total. The Bertz CT molecular complexity index is 716. The number of carbonyl (C=O) groups excluding carboxylic acids is 1. The van der Waals surface area contributed by atoms with E-state index in [-0.39, 0.29) is 5.91 Å². The van der Waals surface area contributed by atoms with Gasteiger partial charge in [-0.15, -0.1) is 0 Å². The summed E-state index contributed by atoms with van der Waals surface area (Å²) in [6.45, 7) is 2.46. The molecule has 1 N–H and O–H groups in total. The van der Waals surface area contributed by atoms with E-state index in [1.54, 1.807) is 12.1 Å². The second-order valence-electron chi connectivity index (χ2n) is 6.22. The molecule has 2 aromatic carbocycles. The normalized spacial score (nSPS) is 14.8. The molecule has 1 fully saturated rings. The Morgan fingerprint density at radius 1 is 1.08 bits per heavy atom. The van der Waals surface area contributed by atoms with Crippen LogP contribution in [-0.4, -0.2) is 36.7 Å². The predicted molar refractivity (Wildman–Crippen MR) is 98.8 cm³/mol. The maximum atomic E-state index is 12.2. The molecule has 0 saturated carbocycles. The maximum Gasteiger partial charge on any atom is 0.271 e. The van der Waals surface area contributed by atoms with Gasteiger partial charge in [0, 0.05) is 37.2 Å². The first-order chi connectivity index (χ1) is 12.2. The number of nitrogens with zero attached hydrogens (tertiary/aromatic N) is 2. The molecule has 0 aliphatic carbocycles. The average Bonchev–Trinajstić information content (AvgIpc) is 2.67. The van der Waals surface area contributed by atoms with Gasteiger partial charge in [0.05, 0.1) is 0 Å². The number of likely N-dealkylation sites (tertiary alicyclic amines) is 1. The maximum absolute atomic E-state index is 12.2. The zero-order valence-corrected chi connectivity index (χ0v) is 14.4. The highest BCUT2D eigenvalue weighted by atomic mass is 16.5. The van der Waals surface area contributed by atoms with Gasteiger partial charge in [0.1, 0.15) is 12.4 Å². The van der Waals surface area contributed by atoms with Gasteiger partial charge < -0.3 is 9.64 Å². The number of amides is 1. The molecule has 0 atom stereocenters. The minimum atomic E-state index is -0.179. The fourth-order valence-corrected chi connectivity index (χ4v) is 2.62. The summed E-state index contributed by atoms with van der Waals surface area (Å²) in [6.07, 6.45) is 1.82. The number of benzene rings is 2. The second-order valence-corrected chi connectivity index (χ2v) is 6.22. The highest BCUT2D eigenvalue weighted by Gasteiger charge is 2.12. The van der Waals surface area contributed by atoms with Crippen LogP contribution in [-0.2, 0) is 6.61 Å². The zero-order valence-electron chi connectivity index (χ0n) is 14.4. The Labute approximate surface area is 148 Å². The van der Waals surface area contributed by atoms with Crippen molar-refractivity contribution in [2.24, 2.45) is 5.10 Å². The van der Waals surface area contributed by atoms with Crippen LogP contribution in [0.15, 0.2) is 59.7 Å². The van der Waals surface area contributed by atoms with E-state index in [1.165, 1.54) is 0 Å². The van der Waals surface area contributed by atoms with E-state index >= 15 is 0 Å². The van der Waals surface area contributed by atoms with E-state index < -0.39 is 0 Å². The third kappa shape index (κ3) is 5.16. The van der Waals surface area contributed by atoms with Crippen molar-refractivity contribution >= 4 is 11.6 Å². The van der Waals surface area contributed by atoms with Gasteiger partial charge >= 0.3 is 0 Å². The van der Waals surface area contributed by atoms with E-state index in [2.05, 4.69) is 22.5 Å². The summed E-state index contributed by atoms with van der Waals surface area (Å²) in [4.78, 5) is 14.4. The number of piperidine rings is 1. The van der Waals surface area contributed by atoms with Gasteiger partial charge in [-0.05, 0) is 36.9 Å². The van der Waals surface area contributed by atoms with Crippen LogP contribution < -0.4 is 10.2 Å². The average molecular weight is 337 g/mol. The van der Waals surface area contributed by atoms with Crippen LogP contribution in [0.1, 0.15) is 28.8 Å². The number of hydrogen-bond donors (Lipinski definition) is 1. The molecular formula is C20H23N3O2. The number of rotatable bonds is 5. The van der Waals surface area contributed by atoms with Gasteiger partial charge in [0.25, 0.3) is 5.91 Å². The number of hydrazone groups is 1. The van der Waals surface area contributed by atoms with E-state index in [0.717, 1.165) is 43.0 Å². The zero-order chi connectivity index (χ0) is 17.5. The van der Waals surface area contributed by atoms with Crippen molar-refractivity contribution in [3.8, 4) is 5.75 Å². The quantitative estimate of drug-likeness (QED) is 0.853. The number of para-hydroxylation sites is 1. The Hall–Kier alpha value is -2.66. The van der Waals surface area contributed by atoms with Crippen LogP contribution >= 0.6 is 0 Å². The predicted octanol–water partition coefficient (Wildman–Crippen LogP) is 3.08. The molecule has 0 radical (unpaired) electrons. The van der Waals surface area contributed by atoms with Crippen molar-refractivity contribution < 1.29 is 9.53 Å². The minimum absolute atomic E-state index is 0.179. The summed E-state index contributed by atoms with van der Waals surface area (Å²) >= 11 is 0. The second kappa shape index (κ2) is 8.44. The fourth-order valence-electron chi connectivity index (χ4n) is 2.62.